The van der Waals surface area contributed by atoms with E-state index in [4.69, 9.17) is 0 Å². The number of rotatable bonds is 7. The zero-order chi connectivity index (χ0) is 19.3. The molecule has 5 heteroatoms. The van der Waals surface area contributed by atoms with Crippen molar-refractivity contribution in [2.24, 2.45) is 0 Å². The molecule has 0 radical (unpaired) electrons. The third-order valence-electron chi connectivity index (χ3n) is 4.51. The molecule has 0 bridgehead atoms. The van der Waals surface area contributed by atoms with Crippen molar-refractivity contribution in [2.75, 3.05) is 12.3 Å². The average Bonchev–Trinajstić information content (AvgIpc) is 2.67. The summed E-state index contributed by atoms with van der Waals surface area (Å²) in [5, 5.41) is 6.04. The molecule has 1 atom stereocenters. The largest absolute Gasteiger partial charge is 0.416 e. The molecule has 0 saturated carbocycles. The van der Waals surface area contributed by atoms with Gasteiger partial charge in [-0.1, -0.05) is 42.5 Å². The van der Waals surface area contributed by atoms with Crippen molar-refractivity contribution in [1.82, 2.24) is 5.32 Å². The Labute approximate surface area is 162 Å². The van der Waals surface area contributed by atoms with Gasteiger partial charge in [-0.3, -0.25) is 0 Å². The quantitative estimate of drug-likeness (QED) is 0.357. The Bertz CT molecular complexity index is 869. The molecule has 0 amide bonds. The minimum atomic E-state index is -4.27. The molecule has 0 unspecified atom stereocenters. The van der Waals surface area contributed by atoms with E-state index in [1.165, 1.54) is 16.3 Å². The third-order valence-corrected chi connectivity index (χ3v) is 5.61. The number of hydrogen-bond donors (Lipinski definition) is 1. The number of fused-ring (bicyclic) bond motifs is 1. The van der Waals surface area contributed by atoms with Crippen LogP contribution in [-0.4, -0.2) is 12.3 Å². The molecule has 3 rings (SSSR count). The Kier molecular flexibility index (Phi) is 6.45. The van der Waals surface area contributed by atoms with Crippen LogP contribution in [0.15, 0.2) is 71.6 Å². The van der Waals surface area contributed by atoms with Gasteiger partial charge in [0.2, 0.25) is 0 Å². The summed E-state index contributed by atoms with van der Waals surface area (Å²) in [5.74, 6) is 0.862. The van der Waals surface area contributed by atoms with Crippen LogP contribution < -0.4 is 5.32 Å². The Morgan fingerprint density at radius 3 is 2.37 bits per heavy atom. The number of thioether (sulfide) groups is 1. The van der Waals surface area contributed by atoms with Crippen molar-refractivity contribution < 1.29 is 13.2 Å². The van der Waals surface area contributed by atoms with Crippen LogP contribution in [0.1, 0.15) is 30.5 Å². The Balaban J connectivity index is 1.46. The topological polar surface area (TPSA) is 12.0 Å². The normalized spacial score (nSPS) is 13.0. The lowest BCUT2D eigenvalue weighted by atomic mass is 10.00. The zero-order valence-electron chi connectivity index (χ0n) is 15.1. The molecule has 3 aromatic carbocycles. The van der Waals surface area contributed by atoms with Crippen molar-refractivity contribution in [3.8, 4) is 0 Å². The molecule has 1 nitrogen and oxygen atoms in total. The summed E-state index contributed by atoms with van der Waals surface area (Å²) in [5.41, 5.74) is 0.681. The van der Waals surface area contributed by atoms with E-state index in [-0.39, 0.29) is 6.04 Å². The number of alkyl halides is 3. The van der Waals surface area contributed by atoms with Gasteiger partial charge in [-0.2, -0.15) is 13.2 Å². The summed E-state index contributed by atoms with van der Waals surface area (Å²) in [4.78, 5) is 0.866. The molecule has 0 fully saturated rings. The predicted molar refractivity (Wildman–Crippen MR) is 107 cm³/mol. The van der Waals surface area contributed by atoms with E-state index in [9.17, 15) is 13.2 Å². The first kappa shape index (κ1) is 19.8. The zero-order valence-corrected chi connectivity index (χ0v) is 15.9. The Hall–Kier alpha value is -1.98. The fraction of sp³-hybridized carbons (Fsp3) is 0.273. The van der Waals surface area contributed by atoms with E-state index in [0.717, 1.165) is 35.7 Å². The number of halogens is 3. The van der Waals surface area contributed by atoms with Crippen molar-refractivity contribution in [2.45, 2.75) is 30.5 Å². The first-order valence-corrected chi connectivity index (χ1v) is 9.95. The van der Waals surface area contributed by atoms with Gasteiger partial charge >= 0.3 is 6.18 Å². The summed E-state index contributed by atoms with van der Waals surface area (Å²) in [6.45, 7) is 3.02. The molecule has 0 aliphatic rings. The van der Waals surface area contributed by atoms with Crippen LogP contribution in [0, 0.1) is 0 Å². The lowest BCUT2D eigenvalue weighted by Crippen LogP contribution is -2.20. The maximum atomic E-state index is 12.6. The lowest BCUT2D eigenvalue weighted by Gasteiger charge is -2.16. The van der Waals surface area contributed by atoms with E-state index < -0.39 is 11.7 Å². The molecule has 142 valence electrons. The van der Waals surface area contributed by atoms with Crippen LogP contribution in [-0.2, 0) is 6.18 Å². The monoisotopic (exact) mass is 389 g/mol. The lowest BCUT2D eigenvalue weighted by molar-refractivity contribution is -0.137. The molecule has 0 aromatic heterocycles. The molecule has 0 aliphatic carbocycles. The van der Waals surface area contributed by atoms with Crippen molar-refractivity contribution >= 4 is 22.5 Å². The highest BCUT2D eigenvalue weighted by molar-refractivity contribution is 7.99. The summed E-state index contributed by atoms with van der Waals surface area (Å²) in [7, 11) is 0. The molecule has 3 aromatic rings. The minimum absolute atomic E-state index is 0.243. The van der Waals surface area contributed by atoms with Crippen molar-refractivity contribution in [1.29, 1.82) is 0 Å². The summed E-state index contributed by atoms with van der Waals surface area (Å²) >= 11 is 1.58. The maximum absolute atomic E-state index is 12.6. The van der Waals surface area contributed by atoms with Crippen LogP contribution >= 0.6 is 11.8 Å². The Morgan fingerprint density at radius 2 is 1.63 bits per heavy atom. The summed E-state index contributed by atoms with van der Waals surface area (Å²) < 4.78 is 37.7. The first-order valence-electron chi connectivity index (χ1n) is 8.96. The number of hydrogen-bond acceptors (Lipinski definition) is 2. The second-order valence-electron chi connectivity index (χ2n) is 6.47. The summed E-state index contributed by atoms with van der Waals surface area (Å²) in [6, 6.07) is 20.3. The molecule has 0 heterocycles. The van der Waals surface area contributed by atoms with Gasteiger partial charge in [0, 0.05) is 10.9 Å². The standard InChI is InChI=1S/C22H22F3NS/c1-16(20-9-4-7-17-6-2-3-8-21(17)20)26-14-5-15-27-19-12-10-18(11-13-19)22(23,24)25/h2-4,6-13,16,26H,5,14-15H2,1H3/t16-/m1/s1. The van der Waals surface area contributed by atoms with E-state index >= 15 is 0 Å². The highest BCUT2D eigenvalue weighted by atomic mass is 32.2. The predicted octanol–water partition coefficient (Wildman–Crippen LogP) is 6.69. The second-order valence-corrected chi connectivity index (χ2v) is 7.64. The summed E-state index contributed by atoms with van der Waals surface area (Å²) in [6.07, 6.45) is -3.33. The maximum Gasteiger partial charge on any atom is 0.416 e. The van der Waals surface area contributed by atoms with Crippen LogP contribution in [0.25, 0.3) is 10.8 Å². The van der Waals surface area contributed by atoms with Crippen LogP contribution in [0.4, 0.5) is 13.2 Å². The van der Waals surface area contributed by atoms with Gasteiger partial charge < -0.3 is 5.32 Å². The van der Waals surface area contributed by atoms with Gasteiger partial charge in [0.15, 0.2) is 0 Å². The number of nitrogens with one attached hydrogen (secondary N) is 1. The minimum Gasteiger partial charge on any atom is -0.310 e. The van der Waals surface area contributed by atoms with Gasteiger partial charge in [-0.05, 0) is 66.2 Å². The van der Waals surface area contributed by atoms with E-state index in [1.807, 2.05) is 6.07 Å². The molecule has 0 saturated heterocycles. The van der Waals surface area contributed by atoms with Crippen LogP contribution in [0.3, 0.4) is 0 Å². The third kappa shape index (κ3) is 5.27. The van der Waals surface area contributed by atoms with Crippen LogP contribution in [0.5, 0.6) is 0 Å². The fourth-order valence-electron chi connectivity index (χ4n) is 3.06. The van der Waals surface area contributed by atoms with Crippen LogP contribution in [0.2, 0.25) is 0 Å². The van der Waals surface area contributed by atoms with Gasteiger partial charge in [0.1, 0.15) is 0 Å². The van der Waals surface area contributed by atoms with Gasteiger partial charge in [-0.25, -0.2) is 0 Å². The van der Waals surface area contributed by atoms with Crippen molar-refractivity contribution in [3.63, 3.8) is 0 Å². The average molecular weight is 389 g/mol. The van der Waals surface area contributed by atoms with E-state index in [2.05, 4.69) is 48.6 Å². The van der Waals surface area contributed by atoms with E-state index in [1.54, 1.807) is 23.9 Å². The fourth-order valence-corrected chi connectivity index (χ4v) is 3.91. The molecule has 0 spiro atoms. The Morgan fingerprint density at radius 1 is 0.926 bits per heavy atom. The second kappa shape index (κ2) is 8.81. The first-order chi connectivity index (χ1) is 12.9. The molecule has 0 aliphatic heterocycles. The molecule has 1 N–H and O–H groups in total. The van der Waals surface area contributed by atoms with Gasteiger partial charge in [0.05, 0.1) is 5.56 Å². The highest BCUT2D eigenvalue weighted by Gasteiger charge is 2.29. The van der Waals surface area contributed by atoms with E-state index in [0.29, 0.717) is 0 Å². The molecule has 27 heavy (non-hydrogen) atoms. The molecular weight excluding hydrogens is 367 g/mol. The van der Waals surface area contributed by atoms with Gasteiger partial charge in [-0.15, -0.1) is 11.8 Å². The highest BCUT2D eigenvalue weighted by Crippen LogP contribution is 2.31. The molecular formula is C22H22F3NS. The number of benzene rings is 3. The van der Waals surface area contributed by atoms with Gasteiger partial charge in [0.25, 0.3) is 0 Å². The smallest absolute Gasteiger partial charge is 0.310 e. The van der Waals surface area contributed by atoms with Crippen molar-refractivity contribution in [3.05, 3.63) is 77.9 Å². The SMILES string of the molecule is C[C@@H](NCCCSc1ccc(C(F)(F)F)cc1)c1cccc2ccccc12.